The Hall–Kier alpha value is -3.07. The van der Waals surface area contributed by atoms with E-state index in [1.165, 1.54) is 17.3 Å². The highest BCUT2D eigenvalue weighted by Gasteiger charge is 2.30. The number of nitrogens with zero attached hydrogens (tertiary/aromatic N) is 5. The van der Waals surface area contributed by atoms with Gasteiger partial charge in [0, 0.05) is 29.9 Å². The van der Waals surface area contributed by atoms with Gasteiger partial charge >= 0.3 is 0 Å². The Balaban J connectivity index is 1.53. The number of fused-ring (bicyclic) bond motifs is 1. The number of methoxy groups -OCH3 is 2. The lowest BCUT2D eigenvalue weighted by molar-refractivity contribution is -0.116. The van der Waals surface area contributed by atoms with Gasteiger partial charge < -0.3 is 14.4 Å². The van der Waals surface area contributed by atoms with Gasteiger partial charge in [-0.2, -0.15) is 4.68 Å². The second-order valence-corrected chi connectivity index (χ2v) is 7.62. The molecule has 1 atom stereocenters. The van der Waals surface area contributed by atoms with Crippen molar-refractivity contribution < 1.29 is 14.3 Å². The molecule has 0 spiro atoms. The molecular weight excluding hydrogens is 390 g/mol. The maximum atomic E-state index is 12.9. The molecule has 0 radical (unpaired) electrons. The van der Waals surface area contributed by atoms with Crippen molar-refractivity contribution in [2.24, 2.45) is 0 Å². The van der Waals surface area contributed by atoms with E-state index in [1.807, 2.05) is 35.2 Å². The van der Waals surface area contributed by atoms with Crippen molar-refractivity contribution in [3.05, 3.63) is 48.0 Å². The molecule has 0 aliphatic carbocycles. The second-order valence-electron chi connectivity index (χ2n) is 6.68. The predicted molar refractivity (Wildman–Crippen MR) is 110 cm³/mol. The van der Waals surface area contributed by atoms with Gasteiger partial charge in [0.15, 0.2) is 0 Å². The fraction of sp³-hybridized carbons (Fsp3) is 0.300. The largest absolute Gasteiger partial charge is 0.497 e. The molecule has 0 saturated carbocycles. The molecule has 2 heterocycles. The molecule has 4 rings (SSSR count). The van der Waals surface area contributed by atoms with Gasteiger partial charge in [-0.25, -0.2) is 0 Å². The first-order valence-electron chi connectivity index (χ1n) is 9.15. The van der Waals surface area contributed by atoms with Crippen molar-refractivity contribution in [3.8, 4) is 17.2 Å². The molecule has 1 amide bonds. The van der Waals surface area contributed by atoms with Crippen LogP contribution in [0.15, 0.2) is 47.6 Å². The van der Waals surface area contributed by atoms with Gasteiger partial charge in [0.05, 0.1) is 25.7 Å². The highest BCUT2D eigenvalue weighted by molar-refractivity contribution is 7.99. The van der Waals surface area contributed by atoms with Crippen LogP contribution in [0.5, 0.6) is 11.5 Å². The third-order valence-electron chi connectivity index (χ3n) is 4.82. The molecule has 9 heteroatoms. The summed E-state index contributed by atoms with van der Waals surface area (Å²) < 4.78 is 12.2. The molecule has 1 aliphatic heterocycles. The van der Waals surface area contributed by atoms with Crippen LogP contribution >= 0.6 is 11.8 Å². The molecule has 0 N–H and O–H groups in total. The van der Waals surface area contributed by atoms with Crippen molar-refractivity contribution in [3.63, 3.8) is 0 Å². The molecule has 1 aliphatic rings. The van der Waals surface area contributed by atoms with Crippen LogP contribution in [-0.4, -0.2) is 52.1 Å². The highest BCUT2D eigenvalue weighted by Crippen LogP contribution is 2.33. The Morgan fingerprint density at radius 1 is 1.17 bits per heavy atom. The van der Waals surface area contributed by atoms with Gasteiger partial charge in [-0.15, -0.1) is 5.10 Å². The van der Waals surface area contributed by atoms with Gasteiger partial charge in [-0.05, 0) is 35.4 Å². The van der Waals surface area contributed by atoms with Crippen LogP contribution in [0.4, 0.5) is 5.69 Å². The summed E-state index contributed by atoms with van der Waals surface area (Å²) in [6, 6.07) is 13.6. The van der Waals surface area contributed by atoms with E-state index in [1.54, 1.807) is 25.0 Å². The van der Waals surface area contributed by atoms with Crippen LogP contribution in [0, 0.1) is 0 Å². The van der Waals surface area contributed by atoms with E-state index in [9.17, 15) is 4.79 Å². The minimum absolute atomic E-state index is 0.0326. The van der Waals surface area contributed by atoms with Crippen molar-refractivity contribution in [1.82, 2.24) is 20.2 Å². The molecule has 150 valence electrons. The van der Waals surface area contributed by atoms with E-state index in [4.69, 9.17) is 9.47 Å². The zero-order chi connectivity index (χ0) is 20.4. The van der Waals surface area contributed by atoms with Gasteiger partial charge in [-0.1, -0.05) is 30.0 Å². The summed E-state index contributed by atoms with van der Waals surface area (Å²) in [5.41, 5.74) is 2.88. The minimum Gasteiger partial charge on any atom is -0.497 e. The molecule has 3 aromatic rings. The number of carbonyl (C=O) groups is 1. The summed E-state index contributed by atoms with van der Waals surface area (Å²) >= 11 is 1.30. The average molecular weight is 411 g/mol. The minimum atomic E-state index is 0.0326. The number of hydrogen-bond acceptors (Lipinski definition) is 7. The fourth-order valence-electron chi connectivity index (χ4n) is 3.49. The van der Waals surface area contributed by atoms with Crippen molar-refractivity contribution >= 4 is 23.4 Å². The summed E-state index contributed by atoms with van der Waals surface area (Å²) in [5.74, 6) is 1.53. The van der Waals surface area contributed by atoms with Crippen molar-refractivity contribution in [2.75, 3.05) is 24.9 Å². The predicted octanol–water partition coefficient (Wildman–Crippen LogP) is 2.75. The van der Waals surface area contributed by atoms with Crippen molar-refractivity contribution in [1.29, 1.82) is 0 Å². The summed E-state index contributed by atoms with van der Waals surface area (Å²) in [6.07, 6.45) is 0.869. The number of hydrogen-bond donors (Lipinski definition) is 0. The number of thioether (sulfide) groups is 1. The molecule has 0 fully saturated rings. The first kappa shape index (κ1) is 19.3. The summed E-state index contributed by atoms with van der Waals surface area (Å²) in [5, 5.41) is 12.4. The number of aromatic nitrogens is 4. The van der Waals surface area contributed by atoms with E-state index in [2.05, 4.69) is 28.5 Å². The Kier molecular flexibility index (Phi) is 5.39. The lowest BCUT2D eigenvalue weighted by Crippen LogP contribution is -2.37. The molecule has 1 aromatic heterocycles. The molecule has 8 nitrogen and oxygen atoms in total. The molecule has 29 heavy (non-hydrogen) atoms. The lowest BCUT2D eigenvalue weighted by atomic mass is 10.1. The quantitative estimate of drug-likeness (QED) is 0.577. The lowest BCUT2D eigenvalue weighted by Gasteiger charge is -2.22. The monoisotopic (exact) mass is 411 g/mol. The molecule has 0 unspecified atom stereocenters. The topological polar surface area (TPSA) is 82.4 Å². The number of rotatable bonds is 6. The Morgan fingerprint density at radius 3 is 2.62 bits per heavy atom. The van der Waals surface area contributed by atoms with E-state index < -0.39 is 0 Å². The Morgan fingerprint density at radius 2 is 1.90 bits per heavy atom. The second kappa shape index (κ2) is 8.12. The zero-order valence-electron chi connectivity index (χ0n) is 16.4. The zero-order valence-corrected chi connectivity index (χ0v) is 17.2. The van der Waals surface area contributed by atoms with Crippen LogP contribution in [0.3, 0.4) is 0 Å². The van der Waals surface area contributed by atoms with Crippen LogP contribution in [0.25, 0.3) is 5.69 Å². The summed E-state index contributed by atoms with van der Waals surface area (Å²) in [4.78, 5) is 14.8. The number of tetrazole rings is 1. The third-order valence-corrected chi connectivity index (χ3v) is 5.73. The fourth-order valence-corrected chi connectivity index (χ4v) is 4.24. The van der Waals surface area contributed by atoms with E-state index in [-0.39, 0.29) is 17.7 Å². The van der Waals surface area contributed by atoms with Crippen LogP contribution in [-0.2, 0) is 11.2 Å². The molecule has 2 aromatic carbocycles. The normalized spacial score (nSPS) is 15.3. The highest BCUT2D eigenvalue weighted by atomic mass is 32.2. The Labute approximate surface area is 172 Å². The van der Waals surface area contributed by atoms with Gasteiger partial charge in [0.1, 0.15) is 11.5 Å². The van der Waals surface area contributed by atoms with E-state index >= 15 is 0 Å². The van der Waals surface area contributed by atoms with E-state index in [0.717, 1.165) is 12.1 Å². The first-order valence-corrected chi connectivity index (χ1v) is 10.1. The number of para-hydroxylation sites is 1. The number of amides is 1. The van der Waals surface area contributed by atoms with Gasteiger partial charge in [-0.3, -0.25) is 4.79 Å². The van der Waals surface area contributed by atoms with Crippen LogP contribution in [0.1, 0.15) is 12.5 Å². The maximum Gasteiger partial charge on any atom is 0.237 e. The van der Waals surface area contributed by atoms with Crippen molar-refractivity contribution in [2.45, 2.75) is 24.5 Å². The number of carbonyl (C=O) groups excluding carboxylic acids is 1. The summed E-state index contributed by atoms with van der Waals surface area (Å²) in [7, 11) is 3.17. The van der Waals surface area contributed by atoms with Crippen LogP contribution < -0.4 is 14.4 Å². The SMILES string of the molecule is COc1cc(OC)cc(-n2nnnc2SCC(=O)N2c3ccccc3C[C@@H]2C)c1. The van der Waals surface area contributed by atoms with Crippen LogP contribution in [0.2, 0.25) is 0 Å². The molecule has 0 bridgehead atoms. The Bertz CT molecular complexity index is 1020. The van der Waals surface area contributed by atoms with Gasteiger partial charge in [0.25, 0.3) is 0 Å². The van der Waals surface area contributed by atoms with E-state index in [0.29, 0.717) is 22.3 Å². The number of benzene rings is 2. The smallest absolute Gasteiger partial charge is 0.237 e. The summed E-state index contributed by atoms with van der Waals surface area (Å²) in [6.45, 7) is 2.06. The maximum absolute atomic E-state index is 12.9. The first-order chi connectivity index (χ1) is 14.1. The number of anilines is 1. The average Bonchev–Trinajstić information content (AvgIpc) is 3.34. The number of ether oxygens (including phenoxy) is 2. The van der Waals surface area contributed by atoms with Gasteiger partial charge in [0.2, 0.25) is 11.1 Å². The standard InChI is InChI=1S/C20H21N5O3S/c1-13-8-14-6-4-5-7-18(14)24(13)19(26)12-29-20-21-22-23-25(20)15-9-16(27-2)11-17(10-15)28-3/h4-7,9-11,13H,8,12H2,1-3H3/t13-/m0/s1. The molecule has 0 saturated heterocycles. The molecular formula is C20H21N5O3S. The third kappa shape index (κ3) is 3.77.